The molecule has 0 aliphatic carbocycles. The molecule has 160 valence electrons. The van der Waals surface area contributed by atoms with Crippen molar-refractivity contribution in [2.75, 3.05) is 19.6 Å². The predicted molar refractivity (Wildman–Crippen MR) is 114 cm³/mol. The lowest BCUT2D eigenvalue weighted by atomic mass is 9.90. The fourth-order valence-corrected chi connectivity index (χ4v) is 4.93. The summed E-state index contributed by atoms with van der Waals surface area (Å²) in [5.41, 5.74) is 1.37. The second-order valence-corrected chi connectivity index (χ2v) is 9.39. The van der Waals surface area contributed by atoms with Gasteiger partial charge in [-0.25, -0.2) is 0 Å². The Hall–Kier alpha value is -2.35. The summed E-state index contributed by atoms with van der Waals surface area (Å²) >= 11 is 1.29. The van der Waals surface area contributed by atoms with E-state index >= 15 is 0 Å². The molecule has 7 nitrogen and oxygen atoms in total. The van der Waals surface area contributed by atoms with Gasteiger partial charge in [0.15, 0.2) is 0 Å². The van der Waals surface area contributed by atoms with E-state index in [9.17, 15) is 9.59 Å². The van der Waals surface area contributed by atoms with Gasteiger partial charge in [0, 0.05) is 26.1 Å². The molecule has 1 atom stereocenters. The Morgan fingerprint density at radius 3 is 2.67 bits per heavy atom. The highest BCUT2D eigenvalue weighted by molar-refractivity contribution is 8.00. The van der Waals surface area contributed by atoms with Crippen LogP contribution in [0.2, 0.25) is 0 Å². The van der Waals surface area contributed by atoms with Gasteiger partial charge >= 0.3 is 0 Å². The van der Waals surface area contributed by atoms with Crippen LogP contribution in [0.15, 0.2) is 40.0 Å². The van der Waals surface area contributed by atoms with Crippen LogP contribution in [0.4, 0.5) is 0 Å². The second-order valence-electron chi connectivity index (χ2n) is 8.10. The van der Waals surface area contributed by atoms with E-state index in [0.29, 0.717) is 30.0 Å². The number of aromatic nitrogens is 2. The van der Waals surface area contributed by atoms with E-state index in [0.717, 1.165) is 45.3 Å². The third-order valence-electron chi connectivity index (χ3n) is 5.86. The first-order chi connectivity index (χ1) is 14.6. The molecule has 4 rings (SSSR count). The summed E-state index contributed by atoms with van der Waals surface area (Å²) in [6.45, 7) is 4.57. The first-order valence-electron chi connectivity index (χ1n) is 10.7. The van der Waals surface area contributed by atoms with Gasteiger partial charge < -0.3 is 14.2 Å². The highest BCUT2D eigenvalue weighted by Crippen LogP contribution is 2.27. The molecule has 2 aromatic rings. The maximum absolute atomic E-state index is 12.9. The molecule has 2 aliphatic heterocycles. The zero-order valence-electron chi connectivity index (χ0n) is 17.3. The van der Waals surface area contributed by atoms with Crippen LogP contribution in [0.1, 0.15) is 44.1 Å². The smallest absolute Gasteiger partial charge is 0.277 e. The van der Waals surface area contributed by atoms with Crippen LogP contribution in [0.3, 0.4) is 0 Å². The van der Waals surface area contributed by atoms with Crippen LogP contribution in [0, 0.1) is 5.92 Å². The molecule has 1 unspecified atom stereocenters. The van der Waals surface area contributed by atoms with E-state index < -0.39 is 0 Å². The zero-order valence-corrected chi connectivity index (χ0v) is 18.1. The number of piperidine rings is 1. The maximum Gasteiger partial charge on any atom is 0.277 e. The Balaban J connectivity index is 1.24. The number of amides is 2. The zero-order chi connectivity index (χ0) is 20.9. The lowest BCUT2D eigenvalue weighted by Crippen LogP contribution is -2.42. The highest BCUT2D eigenvalue weighted by Gasteiger charge is 2.28. The topological polar surface area (TPSA) is 79.5 Å². The predicted octanol–water partition coefficient (Wildman–Crippen LogP) is 3.15. The van der Waals surface area contributed by atoms with Gasteiger partial charge in [0.05, 0.1) is 11.8 Å². The van der Waals surface area contributed by atoms with Crippen molar-refractivity contribution in [1.82, 2.24) is 20.0 Å². The largest absolute Gasteiger partial charge is 0.414 e. The van der Waals surface area contributed by atoms with E-state index in [-0.39, 0.29) is 17.1 Å². The van der Waals surface area contributed by atoms with Crippen LogP contribution in [-0.4, -0.2) is 56.7 Å². The molecule has 2 fully saturated rings. The average Bonchev–Trinajstić information content (AvgIpc) is 3.38. The molecule has 0 bridgehead atoms. The number of likely N-dealkylation sites (tertiary alicyclic amines) is 2. The van der Waals surface area contributed by atoms with Crippen molar-refractivity contribution >= 4 is 23.6 Å². The van der Waals surface area contributed by atoms with Crippen molar-refractivity contribution in [2.24, 2.45) is 5.92 Å². The van der Waals surface area contributed by atoms with E-state index in [1.54, 1.807) is 4.90 Å². The number of benzene rings is 1. The van der Waals surface area contributed by atoms with E-state index in [1.807, 2.05) is 17.9 Å². The summed E-state index contributed by atoms with van der Waals surface area (Å²) in [6, 6.07) is 10.6. The van der Waals surface area contributed by atoms with Gasteiger partial charge in [-0.2, -0.15) is 0 Å². The van der Waals surface area contributed by atoms with Crippen molar-refractivity contribution in [3.05, 3.63) is 41.8 Å². The van der Waals surface area contributed by atoms with Crippen molar-refractivity contribution in [3.8, 4) is 0 Å². The standard InChI is InChI=1S/C22H28N4O3S/c1-16(30-22-24-23-19(29-22)15-26-11-5-8-20(26)27)21(28)25-12-9-18(10-13-25)14-17-6-3-2-4-7-17/h2-4,6-7,16,18H,5,8-15H2,1H3. The summed E-state index contributed by atoms with van der Waals surface area (Å²) in [4.78, 5) is 28.3. The Morgan fingerprint density at radius 1 is 1.20 bits per heavy atom. The van der Waals surface area contributed by atoms with E-state index in [2.05, 4.69) is 34.5 Å². The lowest BCUT2D eigenvalue weighted by Gasteiger charge is -2.33. The van der Waals surface area contributed by atoms with E-state index in [1.165, 1.54) is 17.3 Å². The quantitative estimate of drug-likeness (QED) is 0.631. The van der Waals surface area contributed by atoms with Crippen molar-refractivity contribution in [2.45, 2.75) is 56.0 Å². The van der Waals surface area contributed by atoms with Gasteiger partial charge in [0.1, 0.15) is 0 Å². The molecule has 0 saturated carbocycles. The van der Waals surface area contributed by atoms with Crippen LogP contribution in [0.25, 0.3) is 0 Å². The Bertz CT molecular complexity index is 864. The molecule has 8 heteroatoms. The number of thioether (sulfide) groups is 1. The molecular formula is C22H28N4O3S. The number of rotatable bonds is 7. The van der Waals surface area contributed by atoms with Gasteiger partial charge in [0.25, 0.3) is 5.22 Å². The fourth-order valence-electron chi connectivity index (χ4n) is 4.15. The van der Waals surface area contributed by atoms with Gasteiger partial charge in [-0.3, -0.25) is 9.59 Å². The number of nitrogens with zero attached hydrogens (tertiary/aromatic N) is 4. The average molecular weight is 429 g/mol. The summed E-state index contributed by atoms with van der Waals surface area (Å²) in [6.07, 6.45) is 4.61. The number of carbonyl (C=O) groups is 2. The van der Waals surface area contributed by atoms with Crippen molar-refractivity contribution < 1.29 is 14.0 Å². The molecule has 3 heterocycles. The number of hydrogen-bond donors (Lipinski definition) is 0. The minimum absolute atomic E-state index is 0.118. The first kappa shape index (κ1) is 20.9. The second kappa shape index (κ2) is 9.64. The van der Waals surface area contributed by atoms with E-state index in [4.69, 9.17) is 4.42 Å². The Labute approximate surface area is 181 Å². The summed E-state index contributed by atoms with van der Waals surface area (Å²) in [5.74, 6) is 1.30. The molecule has 2 saturated heterocycles. The lowest BCUT2D eigenvalue weighted by molar-refractivity contribution is -0.131. The minimum Gasteiger partial charge on any atom is -0.414 e. The summed E-state index contributed by atoms with van der Waals surface area (Å²) in [7, 11) is 0. The van der Waals surface area contributed by atoms with Crippen LogP contribution < -0.4 is 0 Å². The Morgan fingerprint density at radius 2 is 1.97 bits per heavy atom. The monoisotopic (exact) mass is 428 g/mol. The molecule has 0 spiro atoms. The number of hydrogen-bond acceptors (Lipinski definition) is 6. The number of carbonyl (C=O) groups excluding carboxylic acids is 2. The van der Waals surface area contributed by atoms with Gasteiger partial charge in [-0.05, 0) is 44.1 Å². The molecule has 1 aromatic carbocycles. The summed E-state index contributed by atoms with van der Waals surface area (Å²) in [5, 5.41) is 8.19. The van der Waals surface area contributed by atoms with Gasteiger partial charge in [-0.15, -0.1) is 10.2 Å². The van der Waals surface area contributed by atoms with Crippen LogP contribution in [0.5, 0.6) is 0 Å². The van der Waals surface area contributed by atoms with Gasteiger partial charge in [-0.1, -0.05) is 42.1 Å². The molecule has 0 N–H and O–H groups in total. The third-order valence-corrected chi connectivity index (χ3v) is 6.79. The SMILES string of the molecule is CC(Sc1nnc(CN2CCCC2=O)o1)C(=O)N1CCC(Cc2ccccc2)CC1. The molecule has 2 aliphatic rings. The molecule has 2 amide bonds. The first-order valence-corrected chi connectivity index (χ1v) is 11.6. The third kappa shape index (κ3) is 5.22. The highest BCUT2D eigenvalue weighted by atomic mass is 32.2. The molecule has 1 aromatic heterocycles. The maximum atomic E-state index is 12.9. The van der Waals surface area contributed by atoms with Crippen molar-refractivity contribution in [3.63, 3.8) is 0 Å². The summed E-state index contributed by atoms with van der Waals surface area (Å²) < 4.78 is 5.66. The normalized spacial score (nSPS) is 18.8. The van der Waals surface area contributed by atoms with Crippen LogP contribution >= 0.6 is 11.8 Å². The van der Waals surface area contributed by atoms with Crippen LogP contribution in [-0.2, 0) is 22.6 Å². The van der Waals surface area contributed by atoms with Gasteiger partial charge in [0.2, 0.25) is 17.7 Å². The molecule has 30 heavy (non-hydrogen) atoms. The molecular weight excluding hydrogens is 400 g/mol. The van der Waals surface area contributed by atoms with Crippen molar-refractivity contribution in [1.29, 1.82) is 0 Å². The Kier molecular flexibility index (Phi) is 6.72. The minimum atomic E-state index is -0.280. The molecule has 0 radical (unpaired) electrons. The fraction of sp³-hybridized carbons (Fsp3) is 0.545.